The molecule has 1 heterocycles. The van der Waals surface area contributed by atoms with Crippen molar-refractivity contribution in [1.82, 2.24) is 15.5 Å². The Morgan fingerprint density at radius 2 is 2.06 bits per heavy atom. The van der Waals surface area contributed by atoms with Gasteiger partial charge in [-0.2, -0.15) is 13.2 Å². The lowest BCUT2D eigenvalue weighted by molar-refractivity contribution is -0.138. The van der Waals surface area contributed by atoms with Crippen LogP contribution in [0.3, 0.4) is 0 Å². The van der Waals surface area contributed by atoms with Crippen LogP contribution in [0, 0.1) is 0 Å². The van der Waals surface area contributed by atoms with Crippen molar-refractivity contribution in [1.29, 1.82) is 0 Å². The van der Waals surface area contributed by atoms with Gasteiger partial charge in [0.1, 0.15) is 0 Å². The maximum atomic E-state index is 12.3. The molecule has 0 unspecified atom stereocenters. The van der Waals surface area contributed by atoms with Crippen LogP contribution in [0.5, 0.6) is 0 Å². The highest BCUT2D eigenvalue weighted by atomic mass is 32.1. The zero-order chi connectivity index (χ0) is 13.6. The number of methoxy groups -OCH3 is 1. The normalized spacial score (nSPS) is 11.8. The van der Waals surface area contributed by atoms with Crippen molar-refractivity contribution in [2.45, 2.75) is 6.18 Å². The highest BCUT2D eigenvalue weighted by molar-refractivity contribution is 7.15. The molecule has 0 fully saturated rings. The van der Waals surface area contributed by atoms with Crippen molar-refractivity contribution < 1.29 is 17.9 Å². The fraction of sp³-hybridized carbons (Fsp3) is 0.778. The number of halogens is 3. The van der Waals surface area contributed by atoms with Crippen molar-refractivity contribution in [3.63, 3.8) is 0 Å². The Morgan fingerprint density at radius 1 is 1.33 bits per heavy atom. The van der Waals surface area contributed by atoms with E-state index in [4.69, 9.17) is 4.74 Å². The van der Waals surface area contributed by atoms with Gasteiger partial charge in [-0.05, 0) is 0 Å². The summed E-state index contributed by atoms with van der Waals surface area (Å²) >= 11 is 0.542. The summed E-state index contributed by atoms with van der Waals surface area (Å²) in [5.41, 5.74) is 0. The largest absolute Gasteiger partial charge is 0.445 e. The van der Waals surface area contributed by atoms with Gasteiger partial charge in [0.05, 0.1) is 6.61 Å². The van der Waals surface area contributed by atoms with Crippen LogP contribution in [0.2, 0.25) is 0 Å². The predicted octanol–water partition coefficient (Wildman–Crippen LogP) is 1.23. The molecule has 0 atom stereocenters. The second-order valence-corrected chi connectivity index (χ2v) is 4.51. The fourth-order valence-electron chi connectivity index (χ4n) is 1.13. The summed E-state index contributed by atoms with van der Waals surface area (Å²) in [6, 6.07) is 0. The second-order valence-electron chi connectivity index (χ2n) is 3.55. The van der Waals surface area contributed by atoms with Crippen molar-refractivity contribution in [2.24, 2.45) is 0 Å². The summed E-state index contributed by atoms with van der Waals surface area (Å²) in [7, 11) is 3.28. The monoisotopic (exact) mass is 284 g/mol. The van der Waals surface area contributed by atoms with Crippen LogP contribution in [0.15, 0.2) is 0 Å². The molecule has 1 aromatic heterocycles. The van der Waals surface area contributed by atoms with E-state index in [9.17, 15) is 13.2 Å². The van der Waals surface area contributed by atoms with Crippen molar-refractivity contribution in [3.05, 3.63) is 5.01 Å². The van der Waals surface area contributed by atoms with Gasteiger partial charge in [-0.3, -0.25) is 0 Å². The van der Waals surface area contributed by atoms with Crippen LogP contribution < -0.4 is 10.2 Å². The summed E-state index contributed by atoms with van der Waals surface area (Å²) in [6.07, 6.45) is -4.42. The van der Waals surface area contributed by atoms with Gasteiger partial charge >= 0.3 is 6.18 Å². The summed E-state index contributed by atoms with van der Waals surface area (Å²) in [5, 5.41) is 9.08. The van der Waals surface area contributed by atoms with Gasteiger partial charge in [0.2, 0.25) is 10.1 Å². The van der Waals surface area contributed by atoms with E-state index in [1.54, 1.807) is 19.1 Å². The molecule has 0 aliphatic carbocycles. The molecule has 0 aliphatic rings. The van der Waals surface area contributed by atoms with E-state index in [0.717, 1.165) is 0 Å². The maximum Gasteiger partial charge on any atom is 0.445 e. The van der Waals surface area contributed by atoms with Crippen LogP contribution in [-0.2, 0) is 10.9 Å². The van der Waals surface area contributed by atoms with Crippen LogP contribution in [0.25, 0.3) is 0 Å². The average molecular weight is 284 g/mol. The highest BCUT2D eigenvalue weighted by Gasteiger charge is 2.35. The lowest BCUT2D eigenvalue weighted by atomic mass is 10.5. The Balaban J connectivity index is 2.37. The quantitative estimate of drug-likeness (QED) is 0.763. The molecule has 104 valence electrons. The number of nitrogens with one attached hydrogen (secondary N) is 1. The molecule has 1 aromatic rings. The summed E-state index contributed by atoms with van der Waals surface area (Å²) in [5.74, 6) is 0. The molecule has 0 amide bonds. The molecule has 0 radical (unpaired) electrons. The van der Waals surface area contributed by atoms with E-state index in [1.165, 1.54) is 0 Å². The lowest BCUT2D eigenvalue weighted by Crippen LogP contribution is -2.30. The minimum atomic E-state index is -4.42. The topological polar surface area (TPSA) is 50.3 Å². The molecule has 0 saturated carbocycles. The lowest BCUT2D eigenvalue weighted by Gasteiger charge is -2.15. The molecule has 0 spiro atoms. The summed E-state index contributed by atoms with van der Waals surface area (Å²) in [4.78, 5) is 1.63. The number of likely N-dealkylation sites (N-methyl/N-ethyl adjacent to an activating group) is 1. The van der Waals surface area contributed by atoms with Crippen LogP contribution in [0.1, 0.15) is 5.01 Å². The van der Waals surface area contributed by atoms with Crippen LogP contribution in [0.4, 0.5) is 18.3 Å². The first-order chi connectivity index (χ1) is 8.45. The van der Waals surface area contributed by atoms with Gasteiger partial charge in [0.15, 0.2) is 0 Å². The first kappa shape index (κ1) is 15.1. The predicted molar refractivity (Wildman–Crippen MR) is 62.9 cm³/mol. The van der Waals surface area contributed by atoms with Gasteiger partial charge in [-0.25, -0.2) is 0 Å². The first-order valence-corrected chi connectivity index (χ1v) is 6.08. The number of aromatic nitrogens is 2. The summed E-state index contributed by atoms with van der Waals surface area (Å²) < 4.78 is 41.8. The molecule has 9 heteroatoms. The number of anilines is 1. The van der Waals surface area contributed by atoms with Crippen LogP contribution >= 0.6 is 11.3 Å². The highest BCUT2D eigenvalue weighted by Crippen LogP contribution is 2.33. The number of ether oxygens (including phenoxy) is 1. The molecular formula is C9H15F3N4OS. The number of hydrogen-bond donors (Lipinski definition) is 1. The molecule has 1 rings (SSSR count). The van der Waals surface area contributed by atoms with Gasteiger partial charge in [0.25, 0.3) is 0 Å². The third kappa shape index (κ3) is 4.75. The first-order valence-electron chi connectivity index (χ1n) is 5.26. The third-order valence-corrected chi connectivity index (χ3v) is 3.17. The molecule has 0 saturated heterocycles. The van der Waals surface area contributed by atoms with Gasteiger partial charge in [0, 0.05) is 33.8 Å². The molecule has 5 nitrogen and oxygen atoms in total. The fourth-order valence-corrected chi connectivity index (χ4v) is 1.83. The van der Waals surface area contributed by atoms with E-state index in [1.807, 2.05) is 0 Å². The Morgan fingerprint density at radius 3 is 2.61 bits per heavy atom. The Bertz CT molecular complexity index is 358. The zero-order valence-electron chi connectivity index (χ0n) is 10.1. The van der Waals surface area contributed by atoms with E-state index >= 15 is 0 Å². The smallest absolute Gasteiger partial charge is 0.383 e. The van der Waals surface area contributed by atoms with Gasteiger partial charge in [-0.15, -0.1) is 10.2 Å². The maximum absolute atomic E-state index is 12.3. The number of alkyl halides is 3. The summed E-state index contributed by atoms with van der Waals surface area (Å²) in [6.45, 7) is 2.49. The van der Waals surface area contributed by atoms with Gasteiger partial charge < -0.3 is 15.0 Å². The van der Waals surface area contributed by atoms with Gasteiger partial charge in [-0.1, -0.05) is 11.3 Å². The number of hydrogen-bond acceptors (Lipinski definition) is 6. The van der Waals surface area contributed by atoms with E-state index in [0.29, 0.717) is 37.6 Å². The minimum absolute atomic E-state index is 0.260. The van der Waals surface area contributed by atoms with Crippen LogP contribution in [-0.4, -0.2) is 50.6 Å². The SMILES string of the molecule is COCCNCCN(C)c1nnc(C(F)(F)F)s1. The van der Waals surface area contributed by atoms with Crippen molar-refractivity contribution >= 4 is 16.5 Å². The Hall–Kier alpha value is -0.930. The molecule has 18 heavy (non-hydrogen) atoms. The third-order valence-electron chi connectivity index (χ3n) is 2.09. The average Bonchev–Trinajstić information content (AvgIpc) is 2.77. The Labute approximate surface area is 107 Å². The molecule has 1 N–H and O–H groups in total. The minimum Gasteiger partial charge on any atom is -0.383 e. The molecule has 0 bridgehead atoms. The standard InChI is InChI=1S/C9H15F3N4OS/c1-16(5-3-13-4-6-17-2)8-15-14-7(18-8)9(10,11)12/h13H,3-6H2,1-2H3. The second kappa shape index (κ2) is 6.86. The molecular weight excluding hydrogens is 269 g/mol. The number of rotatable bonds is 7. The molecule has 0 aliphatic heterocycles. The Kier molecular flexibility index (Phi) is 5.76. The van der Waals surface area contributed by atoms with Crippen molar-refractivity contribution in [3.8, 4) is 0 Å². The number of nitrogens with zero attached hydrogens (tertiary/aromatic N) is 3. The zero-order valence-corrected chi connectivity index (χ0v) is 10.9. The van der Waals surface area contributed by atoms with E-state index in [2.05, 4.69) is 15.5 Å². The van der Waals surface area contributed by atoms with E-state index in [-0.39, 0.29) is 5.13 Å². The molecule has 0 aromatic carbocycles. The van der Waals surface area contributed by atoms with Crippen molar-refractivity contribution in [2.75, 3.05) is 45.3 Å². The van der Waals surface area contributed by atoms with E-state index < -0.39 is 11.2 Å².